The van der Waals surface area contributed by atoms with Gasteiger partial charge in [-0.3, -0.25) is 0 Å². The van der Waals surface area contributed by atoms with Crippen molar-refractivity contribution in [2.45, 2.75) is 51.4 Å². The molecule has 0 aliphatic heterocycles. The second kappa shape index (κ2) is 19.0. The quantitative estimate of drug-likeness (QED) is 0.0763. The Morgan fingerprint density at radius 3 is 1.61 bits per heavy atom. The van der Waals surface area contributed by atoms with Crippen molar-refractivity contribution in [1.29, 1.82) is 0 Å². The molecule has 0 amide bonds. The fourth-order valence-electron chi connectivity index (χ4n) is 3.50. The molecule has 2 aromatic rings. The van der Waals surface area contributed by atoms with E-state index in [0.717, 1.165) is 56.7 Å². The zero-order valence-corrected chi connectivity index (χ0v) is 23.0. The molecule has 0 saturated heterocycles. The van der Waals surface area contributed by atoms with Crippen LogP contribution in [-0.4, -0.2) is 44.3 Å². The number of benzene rings is 2. The summed E-state index contributed by atoms with van der Waals surface area (Å²) in [5.41, 5.74) is 0.144. The maximum Gasteiger partial charge on any atom is 0.343 e. The lowest BCUT2D eigenvalue weighted by Crippen LogP contribution is -2.11. The molecule has 2 aromatic carbocycles. The minimum atomic E-state index is -1.32. The molecule has 0 heterocycles. The van der Waals surface area contributed by atoms with Crippen LogP contribution >= 0.6 is 0 Å². The Kier molecular flexibility index (Phi) is 15.3. The van der Waals surface area contributed by atoms with Crippen molar-refractivity contribution in [2.75, 3.05) is 26.4 Å². The molecule has 0 spiro atoms. The van der Waals surface area contributed by atoms with Crippen molar-refractivity contribution in [3.8, 4) is 17.2 Å². The molecular formula is C31H36F2O8. The average Bonchev–Trinajstić information content (AvgIpc) is 2.98. The van der Waals surface area contributed by atoms with Crippen LogP contribution in [-0.2, 0) is 19.1 Å². The summed E-state index contributed by atoms with van der Waals surface area (Å²) in [4.78, 5) is 34.3. The number of hydrogen-bond acceptors (Lipinski definition) is 8. The second-order valence-electron chi connectivity index (χ2n) is 8.87. The first-order valence-corrected chi connectivity index (χ1v) is 13.5. The van der Waals surface area contributed by atoms with Gasteiger partial charge in [0.2, 0.25) is 11.6 Å². The lowest BCUT2D eigenvalue weighted by Gasteiger charge is -2.11. The van der Waals surface area contributed by atoms with Gasteiger partial charge in [0.05, 0.1) is 32.0 Å². The Hall–Kier alpha value is -4.21. The molecule has 0 saturated carbocycles. The zero-order chi connectivity index (χ0) is 29.9. The van der Waals surface area contributed by atoms with Crippen LogP contribution in [0.25, 0.3) is 0 Å². The number of esters is 3. The van der Waals surface area contributed by atoms with E-state index in [1.165, 1.54) is 18.2 Å². The van der Waals surface area contributed by atoms with Crippen molar-refractivity contribution in [2.24, 2.45) is 0 Å². The highest BCUT2D eigenvalue weighted by Crippen LogP contribution is 2.28. The van der Waals surface area contributed by atoms with E-state index in [1.54, 1.807) is 12.1 Å². The van der Waals surface area contributed by atoms with Gasteiger partial charge >= 0.3 is 17.9 Å². The van der Waals surface area contributed by atoms with Crippen LogP contribution in [0.3, 0.4) is 0 Å². The first-order valence-electron chi connectivity index (χ1n) is 13.5. The van der Waals surface area contributed by atoms with Crippen LogP contribution < -0.4 is 14.2 Å². The average molecular weight is 575 g/mol. The highest BCUT2D eigenvalue weighted by molar-refractivity contribution is 5.91. The minimum Gasteiger partial charge on any atom is -0.494 e. The first-order chi connectivity index (χ1) is 19.8. The molecule has 0 aliphatic carbocycles. The molecule has 222 valence electrons. The summed E-state index contributed by atoms with van der Waals surface area (Å²) in [6, 6.07) is 8.47. The number of carbonyl (C=O) groups is 3. The fourth-order valence-corrected chi connectivity index (χ4v) is 3.50. The van der Waals surface area contributed by atoms with E-state index >= 15 is 0 Å². The van der Waals surface area contributed by atoms with E-state index < -0.39 is 35.3 Å². The molecule has 0 bridgehead atoms. The van der Waals surface area contributed by atoms with Gasteiger partial charge in [0.25, 0.3) is 0 Å². The molecule has 0 aromatic heterocycles. The topological polar surface area (TPSA) is 97.4 Å². The molecular weight excluding hydrogens is 538 g/mol. The summed E-state index contributed by atoms with van der Waals surface area (Å²) >= 11 is 0. The van der Waals surface area contributed by atoms with Gasteiger partial charge in [-0.25, -0.2) is 14.4 Å². The maximum atomic E-state index is 14.5. The van der Waals surface area contributed by atoms with E-state index in [1.807, 2.05) is 0 Å². The number of carbonyl (C=O) groups excluding carboxylic acids is 3. The molecule has 8 nitrogen and oxygen atoms in total. The molecule has 0 unspecified atom stereocenters. The standard InChI is InChI=1S/C31H36F2O8/c1-3-27(34)39-21-11-7-5-9-19-37-24-15-13-23(14-16-24)31(36)41-26-18-17-25(29(32)30(26)33)38-20-10-6-8-12-22-40-28(35)4-2/h3-4,13-18H,1-2,5-12,19-22H2. The summed E-state index contributed by atoms with van der Waals surface area (Å²) in [5.74, 6) is -4.58. The van der Waals surface area contributed by atoms with E-state index in [4.69, 9.17) is 23.7 Å². The molecule has 2 rings (SSSR count). The molecule has 0 fully saturated rings. The summed E-state index contributed by atoms with van der Waals surface area (Å²) in [5, 5.41) is 0. The third-order valence-corrected chi connectivity index (χ3v) is 5.73. The fraction of sp³-hybridized carbons (Fsp3) is 0.387. The van der Waals surface area contributed by atoms with Crippen LogP contribution in [0, 0.1) is 11.6 Å². The molecule has 0 N–H and O–H groups in total. The van der Waals surface area contributed by atoms with Crippen molar-refractivity contribution >= 4 is 17.9 Å². The number of rotatable bonds is 20. The number of unbranched alkanes of at least 4 members (excludes halogenated alkanes) is 6. The zero-order valence-electron chi connectivity index (χ0n) is 23.0. The van der Waals surface area contributed by atoms with Gasteiger partial charge in [0.15, 0.2) is 11.5 Å². The van der Waals surface area contributed by atoms with Gasteiger partial charge < -0.3 is 23.7 Å². The summed E-state index contributed by atoms with van der Waals surface area (Å²) in [7, 11) is 0. The summed E-state index contributed by atoms with van der Waals surface area (Å²) < 4.78 is 54.8. The van der Waals surface area contributed by atoms with E-state index in [-0.39, 0.29) is 17.9 Å². The number of halogens is 2. The normalized spacial score (nSPS) is 10.4. The molecule has 41 heavy (non-hydrogen) atoms. The van der Waals surface area contributed by atoms with E-state index in [9.17, 15) is 23.2 Å². The van der Waals surface area contributed by atoms with Crippen molar-refractivity contribution < 1.29 is 46.8 Å². The molecule has 0 atom stereocenters. The van der Waals surface area contributed by atoms with Gasteiger partial charge in [-0.15, -0.1) is 0 Å². The van der Waals surface area contributed by atoms with Gasteiger partial charge in [0, 0.05) is 12.2 Å². The number of hydrogen-bond donors (Lipinski definition) is 0. The second-order valence-corrected chi connectivity index (χ2v) is 8.87. The Balaban J connectivity index is 1.69. The summed E-state index contributed by atoms with van der Waals surface area (Å²) in [6.45, 7) is 7.95. The highest BCUT2D eigenvalue weighted by atomic mass is 19.2. The van der Waals surface area contributed by atoms with Crippen LogP contribution in [0.2, 0.25) is 0 Å². The smallest absolute Gasteiger partial charge is 0.343 e. The lowest BCUT2D eigenvalue weighted by atomic mass is 10.2. The third kappa shape index (κ3) is 12.7. The highest BCUT2D eigenvalue weighted by Gasteiger charge is 2.19. The van der Waals surface area contributed by atoms with Crippen LogP contribution in [0.5, 0.6) is 17.2 Å². The van der Waals surface area contributed by atoms with Crippen molar-refractivity contribution in [1.82, 2.24) is 0 Å². The Labute approximate surface area is 238 Å². The number of ether oxygens (including phenoxy) is 5. The van der Waals surface area contributed by atoms with Crippen LogP contribution in [0.1, 0.15) is 61.7 Å². The van der Waals surface area contributed by atoms with Crippen LogP contribution in [0.4, 0.5) is 8.78 Å². The predicted octanol–water partition coefficient (Wildman–Crippen LogP) is 6.52. The minimum absolute atomic E-state index is 0.144. The molecule has 10 heteroatoms. The lowest BCUT2D eigenvalue weighted by molar-refractivity contribution is -0.138. The van der Waals surface area contributed by atoms with E-state index in [0.29, 0.717) is 38.4 Å². The maximum absolute atomic E-state index is 14.5. The van der Waals surface area contributed by atoms with Gasteiger partial charge in [0.1, 0.15) is 5.75 Å². The Morgan fingerprint density at radius 1 is 0.610 bits per heavy atom. The molecule has 0 radical (unpaired) electrons. The predicted molar refractivity (Wildman–Crippen MR) is 148 cm³/mol. The van der Waals surface area contributed by atoms with Crippen molar-refractivity contribution in [3.05, 3.63) is 78.9 Å². The van der Waals surface area contributed by atoms with Crippen molar-refractivity contribution in [3.63, 3.8) is 0 Å². The largest absolute Gasteiger partial charge is 0.494 e. The van der Waals surface area contributed by atoms with E-state index in [2.05, 4.69) is 13.2 Å². The molecule has 0 aliphatic rings. The third-order valence-electron chi connectivity index (χ3n) is 5.73. The monoisotopic (exact) mass is 574 g/mol. The van der Waals surface area contributed by atoms with Gasteiger partial charge in [-0.1, -0.05) is 13.2 Å². The van der Waals surface area contributed by atoms with Gasteiger partial charge in [-0.05, 0) is 87.8 Å². The van der Waals surface area contributed by atoms with Crippen LogP contribution in [0.15, 0.2) is 61.7 Å². The summed E-state index contributed by atoms with van der Waals surface area (Å²) in [6.07, 6.45) is 8.40. The Bertz CT molecular complexity index is 1150. The first kappa shape index (κ1) is 33.0. The Morgan fingerprint density at radius 2 is 1.07 bits per heavy atom. The SMILES string of the molecule is C=CC(=O)OCCCCCCOc1ccc(C(=O)Oc2ccc(OCCCCCCOC(=O)C=C)c(F)c2F)cc1. The van der Waals surface area contributed by atoms with Gasteiger partial charge in [-0.2, -0.15) is 8.78 Å².